The summed E-state index contributed by atoms with van der Waals surface area (Å²) in [7, 11) is 0. The van der Waals surface area contributed by atoms with Gasteiger partial charge in [0, 0.05) is 12.1 Å². The minimum Gasteiger partial charge on any atom is -0.345 e. The van der Waals surface area contributed by atoms with Crippen molar-refractivity contribution in [2.75, 3.05) is 6.54 Å². The zero-order chi connectivity index (χ0) is 14.0. The van der Waals surface area contributed by atoms with Crippen LogP contribution in [0.25, 0.3) is 0 Å². The van der Waals surface area contributed by atoms with Crippen molar-refractivity contribution in [2.45, 2.75) is 56.9 Å². The third kappa shape index (κ3) is 2.59. The number of hydrogen-bond acceptors (Lipinski definition) is 2. The van der Waals surface area contributed by atoms with Crippen LogP contribution >= 0.6 is 0 Å². The number of aryl methyl sites for hydroxylation is 2. The van der Waals surface area contributed by atoms with Gasteiger partial charge in [0.1, 0.15) is 0 Å². The Kier molecular flexibility index (Phi) is 3.79. The van der Waals surface area contributed by atoms with Crippen molar-refractivity contribution in [3.63, 3.8) is 0 Å². The van der Waals surface area contributed by atoms with Crippen molar-refractivity contribution in [1.82, 2.24) is 5.32 Å². The van der Waals surface area contributed by atoms with Gasteiger partial charge in [0.15, 0.2) is 0 Å². The summed E-state index contributed by atoms with van der Waals surface area (Å²) >= 11 is 0. The second-order valence-corrected chi connectivity index (χ2v) is 6.34. The summed E-state index contributed by atoms with van der Waals surface area (Å²) in [6.45, 7) is 0.545. The molecular weight excluding hydrogens is 248 g/mol. The summed E-state index contributed by atoms with van der Waals surface area (Å²) in [4.78, 5) is 12.5. The number of rotatable bonds is 3. The maximum atomic E-state index is 12.5. The van der Waals surface area contributed by atoms with Gasteiger partial charge in [0.05, 0.1) is 5.54 Å². The molecule has 20 heavy (non-hydrogen) atoms. The molecule has 3 N–H and O–H groups in total. The highest BCUT2D eigenvalue weighted by Crippen LogP contribution is 2.29. The van der Waals surface area contributed by atoms with E-state index in [4.69, 9.17) is 5.73 Å². The molecule has 108 valence electrons. The largest absolute Gasteiger partial charge is 0.345 e. The lowest BCUT2D eigenvalue weighted by atomic mass is 9.90. The van der Waals surface area contributed by atoms with Gasteiger partial charge in [-0.1, -0.05) is 18.9 Å². The summed E-state index contributed by atoms with van der Waals surface area (Å²) in [5.74, 6) is 0.0470. The van der Waals surface area contributed by atoms with Gasteiger partial charge in [0.25, 0.3) is 5.91 Å². The highest BCUT2D eigenvalue weighted by molar-refractivity contribution is 5.95. The highest BCUT2D eigenvalue weighted by Gasteiger charge is 2.34. The van der Waals surface area contributed by atoms with Crippen LogP contribution < -0.4 is 11.1 Å². The Labute approximate surface area is 120 Å². The number of fused-ring (bicyclic) bond motifs is 1. The highest BCUT2D eigenvalue weighted by atomic mass is 16.1. The molecule has 0 unspecified atom stereocenters. The van der Waals surface area contributed by atoms with E-state index >= 15 is 0 Å². The molecule has 3 heteroatoms. The van der Waals surface area contributed by atoms with E-state index in [0.29, 0.717) is 6.54 Å². The molecule has 2 aliphatic rings. The second-order valence-electron chi connectivity index (χ2n) is 6.34. The predicted octanol–water partition coefficient (Wildman–Crippen LogP) is 2.57. The molecule has 1 aromatic rings. The lowest BCUT2D eigenvalue weighted by Crippen LogP contribution is -2.51. The lowest BCUT2D eigenvalue weighted by molar-refractivity contribution is 0.0903. The fraction of sp³-hybridized carbons (Fsp3) is 0.588. The van der Waals surface area contributed by atoms with Gasteiger partial charge in [0.2, 0.25) is 0 Å². The van der Waals surface area contributed by atoms with Crippen molar-refractivity contribution >= 4 is 5.91 Å². The summed E-state index contributed by atoms with van der Waals surface area (Å²) in [6, 6.07) is 6.19. The molecule has 1 aromatic carbocycles. The topological polar surface area (TPSA) is 55.1 Å². The number of benzene rings is 1. The second kappa shape index (κ2) is 5.57. The van der Waals surface area contributed by atoms with Gasteiger partial charge in [-0.25, -0.2) is 0 Å². The first kappa shape index (κ1) is 13.6. The standard InChI is InChI=1S/C17H24N2O/c18-12-17(9-3-4-10-17)19-16(20)15-8-7-13-5-1-2-6-14(13)11-15/h7-8,11H,1-6,9-10,12,18H2,(H,19,20). The third-order valence-electron chi connectivity index (χ3n) is 4.94. The van der Waals surface area contributed by atoms with Crippen LogP contribution in [0.5, 0.6) is 0 Å². The first-order valence-corrected chi connectivity index (χ1v) is 7.87. The first-order chi connectivity index (χ1) is 9.72. The van der Waals surface area contributed by atoms with E-state index in [2.05, 4.69) is 17.4 Å². The van der Waals surface area contributed by atoms with Crippen molar-refractivity contribution in [3.05, 3.63) is 34.9 Å². The van der Waals surface area contributed by atoms with Crippen LogP contribution in [0.15, 0.2) is 18.2 Å². The smallest absolute Gasteiger partial charge is 0.251 e. The Morgan fingerprint density at radius 2 is 1.80 bits per heavy atom. The molecule has 0 bridgehead atoms. The third-order valence-corrected chi connectivity index (χ3v) is 4.94. The number of nitrogens with two attached hydrogens (primary N) is 1. The minimum absolute atomic E-state index is 0.0470. The number of carbonyl (C=O) groups is 1. The van der Waals surface area contributed by atoms with Gasteiger partial charge >= 0.3 is 0 Å². The van der Waals surface area contributed by atoms with Crippen molar-refractivity contribution < 1.29 is 4.79 Å². The monoisotopic (exact) mass is 272 g/mol. The minimum atomic E-state index is -0.160. The van der Waals surface area contributed by atoms with E-state index in [0.717, 1.165) is 31.2 Å². The summed E-state index contributed by atoms with van der Waals surface area (Å²) in [5, 5.41) is 3.20. The summed E-state index contributed by atoms with van der Waals surface area (Å²) in [6.07, 6.45) is 9.14. The van der Waals surface area contributed by atoms with Crippen LogP contribution in [-0.4, -0.2) is 18.0 Å². The fourth-order valence-electron chi connectivity index (χ4n) is 3.62. The van der Waals surface area contributed by atoms with E-state index in [-0.39, 0.29) is 11.4 Å². The van der Waals surface area contributed by atoms with Gasteiger partial charge < -0.3 is 11.1 Å². The molecule has 0 saturated heterocycles. The maximum Gasteiger partial charge on any atom is 0.251 e. The van der Waals surface area contributed by atoms with Crippen LogP contribution in [0.3, 0.4) is 0 Å². The number of carbonyl (C=O) groups excluding carboxylic acids is 1. The normalized spacial score (nSPS) is 20.4. The van der Waals surface area contributed by atoms with Crippen LogP contribution in [0.2, 0.25) is 0 Å². The number of hydrogen-bond donors (Lipinski definition) is 2. The summed E-state index contributed by atoms with van der Waals surface area (Å²) < 4.78 is 0. The molecule has 0 aromatic heterocycles. The molecule has 0 spiro atoms. The van der Waals surface area contributed by atoms with Gasteiger partial charge in [-0.2, -0.15) is 0 Å². The molecule has 0 heterocycles. The van der Waals surface area contributed by atoms with Crippen LogP contribution in [0.1, 0.15) is 60.0 Å². The Morgan fingerprint density at radius 1 is 1.10 bits per heavy atom. The summed E-state index contributed by atoms with van der Waals surface area (Å²) in [5.41, 5.74) is 9.31. The van der Waals surface area contributed by atoms with Crippen molar-refractivity contribution in [1.29, 1.82) is 0 Å². The zero-order valence-electron chi connectivity index (χ0n) is 12.1. The molecule has 1 amide bonds. The number of amides is 1. The first-order valence-electron chi connectivity index (χ1n) is 7.87. The average molecular weight is 272 g/mol. The molecule has 0 aliphatic heterocycles. The SMILES string of the molecule is NCC1(NC(=O)c2ccc3c(c2)CCCC3)CCCC1. The molecule has 2 aliphatic carbocycles. The lowest BCUT2D eigenvalue weighted by Gasteiger charge is -2.29. The molecule has 1 fully saturated rings. The van der Waals surface area contributed by atoms with E-state index in [1.165, 1.54) is 36.8 Å². The maximum absolute atomic E-state index is 12.5. The fourth-order valence-corrected chi connectivity index (χ4v) is 3.62. The van der Waals surface area contributed by atoms with E-state index in [1.54, 1.807) is 0 Å². The molecule has 1 saturated carbocycles. The van der Waals surface area contributed by atoms with Crippen molar-refractivity contribution in [3.8, 4) is 0 Å². The molecule has 3 nitrogen and oxygen atoms in total. The van der Waals surface area contributed by atoms with E-state index in [1.807, 2.05) is 6.07 Å². The quantitative estimate of drug-likeness (QED) is 0.888. The van der Waals surface area contributed by atoms with Gasteiger partial charge in [-0.15, -0.1) is 0 Å². The van der Waals surface area contributed by atoms with E-state index < -0.39 is 0 Å². The Morgan fingerprint density at radius 3 is 2.50 bits per heavy atom. The number of nitrogens with one attached hydrogen (secondary N) is 1. The zero-order valence-corrected chi connectivity index (χ0v) is 12.1. The average Bonchev–Trinajstić information content (AvgIpc) is 2.96. The Balaban J connectivity index is 1.77. The molecular formula is C17H24N2O. The van der Waals surface area contributed by atoms with Gasteiger partial charge in [-0.05, 0) is 61.8 Å². The molecule has 0 atom stereocenters. The van der Waals surface area contributed by atoms with Crippen LogP contribution in [-0.2, 0) is 12.8 Å². The Hall–Kier alpha value is -1.35. The predicted molar refractivity (Wildman–Crippen MR) is 80.8 cm³/mol. The van der Waals surface area contributed by atoms with E-state index in [9.17, 15) is 4.79 Å². The van der Waals surface area contributed by atoms with Gasteiger partial charge in [-0.3, -0.25) is 4.79 Å². The molecule has 0 radical (unpaired) electrons. The van der Waals surface area contributed by atoms with Crippen LogP contribution in [0, 0.1) is 0 Å². The molecule has 3 rings (SSSR count). The van der Waals surface area contributed by atoms with Crippen LogP contribution in [0.4, 0.5) is 0 Å². The Bertz CT molecular complexity index is 504. The van der Waals surface area contributed by atoms with Crippen molar-refractivity contribution in [2.24, 2.45) is 5.73 Å².